The van der Waals surface area contributed by atoms with E-state index in [1.165, 1.54) is 0 Å². The van der Waals surface area contributed by atoms with Gasteiger partial charge < -0.3 is 10.2 Å². The molecule has 3 nitrogen and oxygen atoms in total. The molecule has 0 bridgehead atoms. The first-order valence-corrected chi connectivity index (χ1v) is 6.48. The van der Waals surface area contributed by atoms with E-state index in [-0.39, 0.29) is 41.0 Å². The molecular weight excluding hydrogens is 309 g/mol. The third-order valence-electron chi connectivity index (χ3n) is 3.54. The summed E-state index contributed by atoms with van der Waals surface area (Å²) >= 11 is 5.83. The molecule has 1 N–H and O–H groups in total. The SMILES string of the molecule is CC1NCCN(C(=O)c2cc(F)c(F)cc2Cl)C1C.Cl. The lowest BCUT2D eigenvalue weighted by Gasteiger charge is -2.38. The summed E-state index contributed by atoms with van der Waals surface area (Å²) in [6.07, 6.45) is 0. The van der Waals surface area contributed by atoms with Crippen LogP contribution in [0, 0.1) is 11.6 Å². The third-order valence-corrected chi connectivity index (χ3v) is 3.85. The fourth-order valence-electron chi connectivity index (χ4n) is 2.18. The number of carbonyl (C=O) groups excluding carboxylic acids is 1. The van der Waals surface area contributed by atoms with E-state index in [0.29, 0.717) is 13.1 Å². The van der Waals surface area contributed by atoms with Crippen LogP contribution in [0.1, 0.15) is 24.2 Å². The van der Waals surface area contributed by atoms with E-state index >= 15 is 0 Å². The molecule has 0 radical (unpaired) electrons. The van der Waals surface area contributed by atoms with Gasteiger partial charge in [-0.25, -0.2) is 8.78 Å². The van der Waals surface area contributed by atoms with Crippen molar-refractivity contribution in [3.05, 3.63) is 34.4 Å². The molecule has 20 heavy (non-hydrogen) atoms. The maximum absolute atomic E-state index is 13.2. The van der Waals surface area contributed by atoms with Crippen molar-refractivity contribution >= 4 is 29.9 Å². The van der Waals surface area contributed by atoms with Crippen LogP contribution in [-0.2, 0) is 0 Å². The number of benzene rings is 1. The van der Waals surface area contributed by atoms with Crippen molar-refractivity contribution < 1.29 is 13.6 Å². The minimum atomic E-state index is -1.07. The highest BCUT2D eigenvalue weighted by molar-refractivity contribution is 6.33. The van der Waals surface area contributed by atoms with E-state index in [1.54, 1.807) is 4.90 Å². The first-order valence-electron chi connectivity index (χ1n) is 6.10. The average molecular weight is 325 g/mol. The van der Waals surface area contributed by atoms with Crippen LogP contribution in [0.25, 0.3) is 0 Å². The second kappa shape index (κ2) is 6.70. The molecule has 0 spiro atoms. The lowest BCUT2D eigenvalue weighted by atomic mass is 10.1. The topological polar surface area (TPSA) is 32.3 Å². The van der Waals surface area contributed by atoms with Crippen LogP contribution in [0.4, 0.5) is 8.78 Å². The summed E-state index contributed by atoms with van der Waals surface area (Å²) in [6.45, 7) is 5.05. The Kier molecular flexibility index (Phi) is 5.74. The smallest absolute Gasteiger partial charge is 0.255 e. The minimum Gasteiger partial charge on any atom is -0.333 e. The Morgan fingerprint density at radius 3 is 2.60 bits per heavy atom. The molecule has 2 atom stereocenters. The van der Waals surface area contributed by atoms with E-state index < -0.39 is 11.6 Å². The first-order chi connectivity index (χ1) is 8.91. The molecule has 1 saturated heterocycles. The van der Waals surface area contributed by atoms with Gasteiger partial charge in [-0.2, -0.15) is 0 Å². The van der Waals surface area contributed by atoms with Crippen molar-refractivity contribution in [2.75, 3.05) is 13.1 Å². The van der Waals surface area contributed by atoms with Crippen molar-refractivity contribution in [1.29, 1.82) is 0 Å². The van der Waals surface area contributed by atoms with Gasteiger partial charge in [0.05, 0.1) is 10.6 Å². The van der Waals surface area contributed by atoms with Gasteiger partial charge in [0.2, 0.25) is 0 Å². The van der Waals surface area contributed by atoms with Crippen molar-refractivity contribution in [2.24, 2.45) is 0 Å². The predicted octanol–water partition coefficient (Wildman–Crippen LogP) is 2.86. The summed E-state index contributed by atoms with van der Waals surface area (Å²) in [5.41, 5.74) is 0.00140. The average Bonchev–Trinajstić information content (AvgIpc) is 2.36. The zero-order valence-corrected chi connectivity index (χ0v) is 12.7. The van der Waals surface area contributed by atoms with Crippen molar-refractivity contribution in [3.8, 4) is 0 Å². The Hall–Kier alpha value is -0.910. The van der Waals surface area contributed by atoms with Crippen LogP contribution in [0.2, 0.25) is 5.02 Å². The second-order valence-corrected chi connectivity index (χ2v) is 5.14. The molecule has 1 amide bonds. The normalized spacial score (nSPS) is 22.4. The summed E-state index contributed by atoms with van der Waals surface area (Å²) in [4.78, 5) is 14.0. The monoisotopic (exact) mass is 324 g/mol. The van der Waals surface area contributed by atoms with Gasteiger partial charge in [0.1, 0.15) is 0 Å². The molecule has 1 aromatic carbocycles. The second-order valence-electron chi connectivity index (χ2n) is 4.73. The van der Waals surface area contributed by atoms with Crippen LogP contribution in [0.15, 0.2) is 12.1 Å². The lowest BCUT2D eigenvalue weighted by molar-refractivity contribution is 0.0602. The number of nitrogens with one attached hydrogen (secondary N) is 1. The molecule has 1 aromatic rings. The van der Waals surface area contributed by atoms with Crippen LogP contribution >= 0.6 is 24.0 Å². The number of amides is 1. The van der Waals surface area contributed by atoms with E-state index in [4.69, 9.17) is 11.6 Å². The third kappa shape index (κ3) is 3.22. The van der Waals surface area contributed by atoms with E-state index in [0.717, 1.165) is 12.1 Å². The zero-order chi connectivity index (χ0) is 14.2. The van der Waals surface area contributed by atoms with Gasteiger partial charge in [-0.15, -0.1) is 12.4 Å². The Labute approximate surface area is 127 Å². The molecule has 1 aliphatic rings. The summed E-state index contributed by atoms with van der Waals surface area (Å²) in [5, 5.41) is 3.17. The van der Waals surface area contributed by atoms with Gasteiger partial charge >= 0.3 is 0 Å². The molecule has 0 aliphatic carbocycles. The van der Waals surface area contributed by atoms with E-state index in [1.807, 2.05) is 13.8 Å². The van der Waals surface area contributed by atoms with Gasteiger partial charge in [-0.1, -0.05) is 11.6 Å². The Balaban J connectivity index is 0.00000200. The minimum absolute atomic E-state index is 0. The lowest BCUT2D eigenvalue weighted by Crippen LogP contribution is -2.57. The number of halogens is 4. The van der Waals surface area contributed by atoms with E-state index in [9.17, 15) is 13.6 Å². The summed E-state index contributed by atoms with van der Waals surface area (Å²) < 4.78 is 26.3. The number of carbonyl (C=O) groups is 1. The molecule has 112 valence electrons. The number of rotatable bonds is 1. The van der Waals surface area contributed by atoms with Gasteiger partial charge in [0, 0.05) is 25.2 Å². The number of nitrogens with zero attached hydrogens (tertiary/aromatic N) is 1. The highest BCUT2D eigenvalue weighted by atomic mass is 35.5. The quantitative estimate of drug-likeness (QED) is 0.806. The van der Waals surface area contributed by atoms with Gasteiger partial charge in [-0.3, -0.25) is 4.79 Å². The fourth-order valence-corrected chi connectivity index (χ4v) is 2.42. The van der Waals surface area contributed by atoms with Gasteiger partial charge in [0.15, 0.2) is 11.6 Å². The van der Waals surface area contributed by atoms with E-state index in [2.05, 4.69) is 5.32 Å². The fraction of sp³-hybridized carbons (Fsp3) is 0.462. The standard InChI is InChI=1S/C13H15ClF2N2O.ClH/c1-7-8(2)18(4-3-17-7)13(19)9-5-11(15)12(16)6-10(9)14;/h5-8,17H,3-4H2,1-2H3;1H. The number of piperazine rings is 1. The zero-order valence-electron chi connectivity index (χ0n) is 11.1. The number of hydrogen-bond acceptors (Lipinski definition) is 2. The largest absolute Gasteiger partial charge is 0.333 e. The molecule has 0 saturated carbocycles. The molecule has 2 rings (SSSR count). The Bertz CT molecular complexity index is 513. The molecule has 1 aliphatic heterocycles. The van der Waals surface area contributed by atoms with Gasteiger partial charge in [0.25, 0.3) is 5.91 Å². The summed E-state index contributed by atoms with van der Waals surface area (Å²) in [5.74, 6) is -2.49. The van der Waals surface area contributed by atoms with Crippen molar-refractivity contribution in [2.45, 2.75) is 25.9 Å². The first kappa shape index (κ1) is 17.1. The molecule has 2 unspecified atom stereocenters. The summed E-state index contributed by atoms with van der Waals surface area (Å²) in [6, 6.07) is 1.80. The van der Waals surface area contributed by atoms with Crippen LogP contribution in [0.3, 0.4) is 0 Å². The molecule has 1 heterocycles. The number of hydrogen-bond donors (Lipinski definition) is 1. The summed E-state index contributed by atoms with van der Waals surface area (Å²) in [7, 11) is 0. The van der Waals surface area contributed by atoms with Gasteiger partial charge in [-0.05, 0) is 26.0 Å². The molecule has 7 heteroatoms. The predicted molar refractivity (Wildman–Crippen MR) is 76.6 cm³/mol. The molecular formula is C13H16Cl2F2N2O. The molecule has 0 aromatic heterocycles. The van der Waals surface area contributed by atoms with Crippen molar-refractivity contribution in [1.82, 2.24) is 10.2 Å². The van der Waals surface area contributed by atoms with Crippen LogP contribution in [-0.4, -0.2) is 36.0 Å². The van der Waals surface area contributed by atoms with Crippen LogP contribution < -0.4 is 5.32 Å². The Morgan fingerprint density at radius 1 is 1.35 bits per heavy atom. The van der Waals surface area contributed by atoms with Crippen molar-refractivity contribution in [3.63, 3.8) is 0 Å². The maximum Gasteiger partial charge on any atom is 0.255 e. The van der Waals surface area contributed by atoms with Crippen LogP contribution in [0.5, 0.6) is 0 Å². The maximum atomic E-state index is 13.2. The highest BCUT2D eigenvalue weighted by Gasteiger charge is 2.30. The molecule has 1 fully saturated rings. The highest BCUT2D eigenvalue weighted by Crippen LogP contribution is 2.23. The Morgan fingerprint density at radius 2 is 1.95 bits per heavy atom.